The molecule has 0 saturated heterocycles. The van der Waals surface area contributed by atoms with E-state index in [1.807, 2.05) is 31.2 Å². The highest BCUT2D eigenvalue weighted by molar-refractivity contribution is 9.10. The van der Waals surface area contributed by atoms with Gasteiger partial charge in [-0.15, -0.1) is 11.3 Å². The Morgan fingerprint density at radius 3 is 2.56 bits per heavy atom. The first-order valence-corrected chi connectivity index (χ1v) is 14.6. The molecule has 2 N–H and O–H groups in total. The molecule has 0 bridgehead atoms. The number of hydrogen-bond donors (Lipinski definition) is 2. The molecule has 3 aromatic carbocycles. The van der Waals surface area contributed by atoms with Gasteiger partial charge >= 0.3 is 6.18 Å². The Morgan fingerprint density at radius 2 is 1.83 bits per heavy atom. The lowest BCUT2D eigenvalue weighted by Gasteiger charge is -2.14. The molecule has 4 aromatic rings. The van der Waals surface area contributed by atoms with Crippen molar-refractivity contribution in [3.05, 3.63) is 97.4 Å². The van der Waals surface area contributed by atoms with Crippen LogP contribution >= 0.6 is 43.2 Å². The number of carbonyl (C=O) groups is 1. The Labute approximate surface area is 255 Å². The molecule has 0 saturated carbocycles. The van der Waals surface area contributed by atoms with Crippen molar-refractivity contribution in [1.82, 2.24) is 10.4 Å². The van der Waals surface area contributed by atoms with Gasteiger partial charge in [0.05, 0.1) is 30.5 Å². The molecule has 0 fully saturated rings. The second-order valence-electron chi connectivity index (χ2n) is 8.49. The van der Waals surface area contributed by atoms with Crippen molar-refractivity contribution in [2.45, 2.75) is 26.1 Å². The summed E-state index contributed by atoms with van der Waals surface area (Å²) >= 11 is 8.10. The maximum atomic E-state index is 12.9. The number of amides is 1. The highest BCUT2D eigenvalue weighted by atomic mass is 79.9. The van der Waals surface area contributed by atoms with Gasteiger partial charge in [-0.1, -0.05) is 34.1 Å². The topological polar surface area (TPSA) is 84.8 Å². The first kappa shape index (κ1) is 30.5. The van der Waals surface area contributed by atoms with Crippen LogP contribution in [0.25, 0.3) is 0 Å². The molecule has 0 spiro atoms. The summed E-state index contributed by atoms with van der Waals surface area (Å²) in [5.41, 5.74) is 4.05. The van der Waals surface area contributed by atoms with E-state index in [0.717, 1.165) is 22.2 Å². The number of halogens is 5. The van der Waals surface area contributed by atoms with E-state index in [4.69, 9.17) is 9.47 Å². The number of rotatable bonds is 11. The lowest BCUT2D eigenvalue weighted by molar-refractivity contribution is -0.137. The molecular weight excluding hydrogens is 689 g/mol. The fourth-order valence-corrected chi connectivity index (χ4v) is 4.91. The minimum absolute atomic E-state index is 0.0632. The number of hydrazone groups is 1. The largest absolute Gasteiger partial charge is 0.490 e. The van der Waals surface area contributed by atoms with Crippen molar-refractivity contribution < 1.29 is 27.4 Å². The van der Waals surface area contributed by atoms with Crippen LogP contribution in [-0.2, 0) is 24.0 Å². The molecule has 1 heterocycles. The van der Waals surface area contributed by atoms with E-state index in [1.54, 1.807) is 17.5 Å². The van der Waals surface area contributed by atoms with Gasteiger partial charge in [0, 0.05) is 25.6 Å². The standard InChI is InChI=1S/C28H23Br2F3N4O3S/c1-2-39-24-10-18(23(30)13-25(24)40-15-17-6-8-20(29)9-7-17)14-34-37-26(38)12-22-16-41-27(36-22)35-21-5-3-4-19(11-21)28(31,32)33/h3-11,13-14,16H,2,12,15H2,1H3,(H,35,36)(H,37,38)/b34-14-. The number of thiazole rings is 1. The van der Waals surface area contributed by atoms with Crippen LogP contribution in [0.2, 0.25) is 0 Å². The fourth-order valence-electron chi connectivity index (χ4n) is 3.49. The molecule has 214 valence electrons. The van der Waals surface area contributed by atoms with Crippen LogP contribution < -0.4 is 20.2 Å². The molecule has 1 aromatic heterocycles. The van der Waals surface area contributed by atoms with Crippen molar-refractivity contribution in [3.8, 4) is 11.5 Å². The first-order valence-electron chi connectivity index (χ1n) is 12.1. The van der Waals surface area contributed by atoms with Crippen LogP contribution in [-0.4, -0.2) is 23.7 Å². The molecule has 0 aliphatic carbocycles. The van der Waals surface area contributed by atoms with Crippen molar-refractivity contribution in [1.29, 1.82) is 0 Å². The zero-order chi connectivity index (χ0) is 29.4. The molecule has 41 heavy (non-hydrogen) atoms. The van der Waals surface area contributed by atoms with Gasteiger partial charge in [-0.2, -0.15) is 18.3 Å². The third-order valence-corrected chi connectivity index (χ3v) is 7.42. The van der Waals surface area contributed by atoms with E-state index in [9.17, 15) is 18.0 Å². The summed E-state index contributed by atoms with van der Waals surface area (Å²) in [7, 11) is 0. The predicted octanol–water partition coefficient (Wildman–Crippen LogP) is 8.10. The van der Waals surface area contributed by atoms with Crippen molar-refractivity contribution in [3.63, 3.8) is 0 Å². The quantitative estimate of drug-likeness (QED) is 0.121. The second-order valence-corrected chi connectivity index (χ2v) is 11.1. The summed E-state index contributed by atoms with van der Waals surface area (Å²) in [6, 6.07) is 16.2. The summed E-state index contributed by atoms with van der Waals surface area (Å²) in [6.07, 6.45) is -3.03. The minimum Gasteiger partial charge on any atom is -0.490 e. The highest BCUT2D eigenvalue weighted by Crippen LogP contribution is 2.34. The predicted molar refractivity (Wildman–Crippen MR) is 160 cm³/mol. The first-order chi connectivity index (χ1) is 19.6. The van der Waals surface area contributed by atoms with Gasteiger partial charge in [0.25, 0.3) is 0 Å². The molecule has 0 atom stereocenters. The summed E-state index contributed by atoms with van der Waals surface area (Å²) in [6.45, 7) is 2.66. The molecule has 13 heteroatoms. The maximum absolute atomic E-state index is 12.9. The minimum atomic E-state index is -4.44. The van der Waals surface area contributed by atoms with E-state index < -0.39 is 17.6 Å². The molecule has 0 radical (unpaired) electrons. The third kappa shape index (κ3) is 9.03. The van der Waals surface area contributed by atoms with Crippen molar-refractivity contribution in [2.24, 2.45) is 5.10 Å². The Balaban J connectivity index is 1.34. The lowest BCUT2D eigenvalue weighted by atomic mass is 10.2. The lowest BCUT2D eigenvalue weighted by Crippen LogP contribution is -2.20. The summed E-state index contributed by atoms with van der Waals surface area (Å²) in [5.74, 6) is 0.678. The van der Waals surface area contributed by atoms with Crippen molar-refractivity contribution in [2.75, 3.05) is 11.9 Å². The van der Waals surface area contributed by atoms with Gasteiger partial charge in [-0.3, -0.25) is 4.79 Å². The number of alkyl halides is 3. The molecule has 0 aliphatic heterocycles. The van der Waals surface area contributed by atoms with Gasteiger partial charge in [-0.05, 0) is 70.9 Å². The van der Waals surface area contributed by atoms with Crippen LogP contribution in [0.4, 0.5) is 24.0 Å². The number of carbonyl (C=O) groups excluding carboxylic acids is 1. The monoisotopic (exact) mass is 710 g/mol. The van der Waals surface area contributed by atoms with E-state index >= 15 is 0 Å². The van der Waals surface area contributed by atoms with Crippen LogP contribution in [0.3, 0.4) is 0 Å². The number of aromatic nitrogens is 1. The van der Waals surface area contributed by atoms with Gasteiger partial charge in [0.2, 0.25) is 5.91 Å². The zero-order valence-electron chi connectivity index (χ0n) is 21.5. The number of ether oxygens (including phenoxy) is 2. The number of anilines is 2. The van der Waals surface area contributed by atoms with E-state index in [2.05, 4.69) is 52.7 Å². The number of nitrogens with one attached hydrogen (secondary N) is 2. The summed E-state index contributed by atoms with van der Waals surface area (Å²) in [4.78, 5) is 16.7. The Morgan fingerprint density at radius 1 is 1.07 bits per heavy atom. The van der Waals surface area contributed by atoms with Gasteiger partial charge in [-0.25, -0.2) is 10.4 Å². The molecule has 7 nitrogen and oxygen atoms in total. The molecule has 0 aliphatic rings. The van der Waals surface area contributed by atoms with Gasteiger partial charge < -0.3 is 14.8 Å². The third-order valence-electron chi connectivity index (χ3n) is 5.40. The van der Waals surface area contributed by atoms with E-state index in [1.165, 1.54) is 29.7 Å². The van der Waals surface area contributed by atoms with E-state index in [0.29, 0.717) is 45.6 Å². The maximum Gasteiger partial charge on any atom is 0.416 e. The number of benzene rings is 3. The molecular formula is C28H23Br2F3N4O3S. The summed E-state index contributed by atoms with van der Waals surface area (Å²) in [5, 5.41) is 8.89. The van der Waals surface area contributed by atoms with Crippen LogP contribution in [0.1, 0.15) is 29.3 Å². The molecule has 4 rings (SSSR count). The number of nitrogens with zero attached hydrogens (tertiary/aromatic N) is 2. The second kappa shape index (κ2) is 14.0. The Hall–Kier alpha value is -3.42. The molecule has 0 unspecified atom stereocenters. The smallest absolute Gasteiger partial charge is 0.416 e. The zero-order valence-corrected chi connectivity index (χ0v) is 25.5. The fraction of sp³-hybridized carbons (Fsp3) is 0.179. The average Bonchev–Trinajstić information content (AvgIpc) is 3.36. The van der Waals surface area contributed by atoms with Crippen molar-refractivity contribution >= 4 is 66.1 Å². The Bertz CT molecular complexity index is 1530. The van der Waals surface area contributed by atoms with Crippen LogP contribution in [0.15, 0.2) is 80.1 Å². The van der Waals surface area contributed by atoms with Gasteiger partial charge in [0.1, 0.15) is 6.61 Å². The SMILES string of the molecule is CCOc1cc(/C=N\NC(=O)Cc2csc(Nc3cccc(C(F)(F)F)c3)n2)c(Br)cc1OCc1ccc(Br)cc1. The average molecular weight is 712 g/mol. The number of hydrogen-bond acceptors (Lipinski definition) is 7. The van der Waals surface area contributed by atoms with Gasteiger partial charge in [0.15, 0.2) is 16.6 Å². The summed E-state index contributed by atoms with van der Waals surface area (Å²) < 4.78 is 52.2. The molecule has 1 amide bonds. The normalized spacial score (nSPS) is 11.5. The van der Waals surface area contributed by atoms with Crippen LogP contribution in [0.5, 0.6) is 11.5 Å². The van der Waals surface area contributed by atoms with Crippen LogP contribution in [0, 0.1) is 0 Å². The highest BCUT2D eigenvalue weighted by Gasteiger charge is 2.30. The Kier molecular flexibility index (Phi) is 10.4. The van der Waals surface area contributed by atoms with E-state index in [-0.39, 0.29) is 12.1 Å².